The molecule has 0 nitrogen and oxygen atoms in total. The van der Waals surface area contributed by atoms with Gasteiger partial charge in [-0.2, -0.15) is 0 Å². The quantitative estimate of drug-likeness (QED) is 0.146. The predicted octanol–water partition coefficient (Wildman–Crippen LogP) is 23.8. The summed E-state index contributed by atoms with van der Waals surface area (Å²) in [6, 6.07) is 108. The third kappa shape index (κ3) is 8.48. The summed E-state index contributed by atoms with van der Waals surface area (Å²) in [6.45, 7) is 14.1. The summed E-state index contributed by atoms with van der Waals surface area (Å²) in [5.41, 5.74) is 31.6. The van der Waals surface area contributed by atoms with Crippen LogP contribution in [0.4, 0.5) is 0 Å². The molecule has 17 rings (SSSR count). The van der Waals surface area contributed by atoms with E-state index in [-0.39, 0.29) is 16.2 Å². The molecule has 3 aliphatic rings. The number of benzene rings is 14. The molecule has 0 N–H and O–H groups in total. The van der Waals surface area contributed by atoms with Crippen molar-refractivity contribution in [3.63, 3.8) is 0 Å². The van der Waals surface area contributed by atoms with Gasteiger partial charge in [-0.25, -0.2) is 0 Å². The van der Waals surface area contributed by atoms with E-state index in [0.717, 1.165) is 0 Å². The average molecular weight is 1110 g/mol. The van der Waals surface area contributed by atoms with E-state index in [1.807, 2.05) is 0 Å². The fraction of sp³-hybridized carbons (Fsp3) is 0.103. The van der Waals surface area contributed by atoms with E-state index in [2.05, 4.69) is 333 Å². The van der Waals surface area contributed by atoms with Crippen LogP contribution in [0.1, 0.15) is 74.9 Å². The lowest BCUT2D eigenvalue weighted by molar-refractivity contribution is 0.660. The molecule has 0 heteroatoms. The first-order valence-corrected chi connectivity index (χ1v) is 30.9. The van der Waals surface area contributed by atoms with Crippen LogP contribution in [0.2, 0.25) is 0 Å². The molecule has 87 heavy (non-hydrogen) atoms. The Kier molecular flexibility index (Phi) is 12.0. The lowest BCUT2D eigenvalue weighted by atomic mass is 9.81. The van der Waals surface area contributed by atoms with Gasteiger partial charge in [0.1, 0.15) is 0 Å². The first-order chi connectivity index (χ1) is 42.4. The predicted molar refractivity (Wildman–Crippen MR) is 371 cm³/mol. The standard InChI is InChI=1S/C45H32.C42H34/c1-45(2)43-20-8-7-19-40(43)41-24-22-34(28-44(41)45)32-14-10-12-30(26-32)29-11-9-13-31(25-29)33-21-23-39-37-17-4-3-15-35(37)36-16-5-6-18-38(36)42(39)27-33;1-41(2)37-17-7-5-15-33(37)35-21-19-31(25-39(35)41)29-13-9-11-27(23-29)28-12-10-14-30(24-28)32-20-22-36-34-16-6-8-18-38(34)42(3,4)40(36)26-32/h3-28H,1-2H3;5-26H,1-4H3. The molecule has 0 fully saturated rings. The van der Waals surface area contributed by atoms with Crippen molar-refractivity contribution in [2.24, 2.45) is 0 Å². The van der Waals surface area contributed by atoms with Crippen LogP contribution in [0.3, 0.4) is 0 Å². The van der Waals surface area contributed by atoms with Gasteiger partial charge in [0, 0.05) is 16.2 Å². The summed E-state index contributed by atoms with van der Waals surface area (Å²) in [4.78, 5) is 0. The molecule has 0 aromatic heterocycles. The molecular formula is C87H66. The number of rotatable bonds is 6. The monoisotopic (exact) mass is 1110 g/mol. The minimum absolute atomic E-state index is 0.000324. The fourth-order valence-electron chi connectivity index (χ4n) is 15.3. The lowest BCUT2D eigenvalue weighted by Gasteiger charge is -2.22. The minimum Gasteiger partial charge on any atom is -0.0619 e. The molecule has 0 aliphatic heterocycles. The minimum atomic E-state index is -0.00858. The van der Waals surface area contributed by atoms with E-state index in [1.165, 1.54) is 166 Å². The average Bonchev–Trinajstić information content (AvgIpc) is 1.87. The van der Waals surface area contributed by atoms with Crippen LogP contribution >= 0.6 is 0 Å². The van der Waals surface area contributed by atoms with Gasteiger partial charge in [0.15, 0.2) is 0 Å². The van der Waals surface area contributed by atoms with E-state index >= 15 is 0 Å². The molecular weight excluding hydrogens is 1040 g/mol. The third-order valence-electron chi connectivity index (χ3n) is 19.9. The van der Waals surface area contributed by atoms with Gasteiger partial charge in [-0.1, -0.05) is 284 Å². The molecule has 14 aromatic carbocycles. The Morgan fingerprint density at radius 2 is 0.368 bits per heavy atom. The highest BCUT2D eigenvalue weighted by Crippen LogP contribution is 2.53. The zero-order valence-electron chi connectivity index (χ0n) is 50.2. The SMILES string of the molecule is CC1(C)c2ccccc2-c2ccc(-c3cccc(-c4cccc(-c5ccc6c(c5)C(C)(C)c5ccccc5-6)c4)c3)cc21.CC1(C)c2ccccc2-c2ccc(-c3cccc(-c4cccc(-c5ccc6c7ccccc7c7ccccc7c6c5)c4)c3)cc21. The highest BCUT2D eigenvalue weighted by molar-refractivity contribution is 6.25. The van der Waals surface area contributed by atoms with Gasteiger partial charge in [0.2, 0.25) is 0 Å². The molecule has 414 valence electrons. The maximum absolute atomic E-state index is 2.41. The van der Waals surface area contributed by atoms with Gasteiger partial charge < -0.3 is 0 Å². The Bertz CT molecular complexity index is 4950. The largest absolute Gasteiger partial charge is 0.0619 e. The van der Waals surface area contributed by atoms with Crippen molar-refractivity contribution >= 4 is 32.3 Å². The van der Waals surface area contributed by atoms with Gasteiger partial charge in [-0.15, -0.1) is 0 Å². The molecule has 14 aromatic rings. The normalized spacial score (nSPS) is 14.1. The van der Waals surface area contributed by atoms with E-state index in [4.69, 9.17) is 0 Å². The molecule has 0 saturated heterocycles. The molecule has 0 spiro atoms. The molecule has 0 radical (unpaired) electrons. The highest BCUT2D eigenvalue weighted by atomic mass is 14.4. The molecule has 3 aliphatic carbocycles. The first kappa shape index (κ1) is 52.4. The highest BCUT2D eigenvalue weighted by Gasteiger charge is 2.38. The first-order valence-electron chi connectivity index (χ1n) is 30.9. The Morgan fingerprint density at radius 1 is 0.149 bits per heavy atom. The zero-order valence-corrected chi connectivity index (χ0v) is 50.2. The Balaban J connectivity index is 0.000000141. The maximum atomic E-state index is 2.41. The zero-order chi connectivity index (χ0) is 58.8. The molecule has 0 bridgehead atoms. The van der Waals surface area contributed by atoms with Crippen LogP contribution in [0, 0.1) is 0 Å². The van der Waals surface area contributed by atoms with Crippen LogP contribution in [-0.2, 0) is 16.2 Å². The summed E-state index contributed by atoms with van der Waals surface area (Å²) >= 11 is 0. The van der Waals surface area contributed by atoms with Gasteiger partial charge in [0.05, 0.1) is 0 Å². The van der Waals surface area contributed by atoms with Crippen molar-refractivity contribution in [1.29, 1.82) is 0 Å². The number of fused-ring (bicyclic) bond motifs is 15. The summed E-state index contributed by atoms with van der Waals surface area (Å²) in [5, 5.41) is 7.84. The van der Waals surface area contributed by atoms with Crippen molar-refractivity contribution in [1.82, 2.24) is 0 Å². The van der Waals surface area contributed by atoms with E-state index < -0.39 is 0 Å². The lowest BCUT2D eigenvalue weighted by Crippen LogP contribution is -2.14. The maximum Gasteiger partial charge on any atom is 0.0159 e. The van der Waals surface area contributed by atoms with Gasteiger partial charge in [-0.3, -0.25) is 0 Å². The van der Waals surface area contributed by atoms with Crippen molar-refractivity contribution < 1.29 is 0 Å². The van der Waals surface area contributed by atoms with E-state index in [0.29, 0.717) is 0 Å². The summed E-state index contributed by atoms with van der Waals surface area (Å²) in [5.74, 6) is 0. The summed E-state index contributed by atoms with van der Waals surface area (Å²) in [7, 11) is 0. The smallest absolute Gasteiger partial charge is 0.0159 e. The number of hydrogen-bond donors (Lipinski definition) is 0. The molecule has 0 unspecified atom stereocenters. The Morgan fingerprint density at radius 3 is 0.678 bits per heavy atom. The van der Waals surface area contributed by atoms with Crippen LogP contribution in [0.5, 0.6) is 0 Å². The van der Waals surface area contributed by atoms with Crippen molar-refractivity contribution in [3.8, 4) is 100 Å². The van der Waals surface area contributed by atoms with Crippen molar-refractivity contribution in [2.45, 2.75) is 57.8 Å². The van der Waals surface area contributed by atoms with Crippen LogP contribution in [0.15, 0.2) is 291 Å². The second kappa shape index (κ2) is 20.0. The second-order valence-electron chi connectivity index (χ2n) is 26.0. The van der Waals surface area contributed by atoms with E-state index in [9.17, 15) is 0 Å². The van der Waals surface area contributed by atoms with Crippen LogP contribution < -0.4 is 0 Å². The van der Waals surface area contributed by atoms with Crippen LogP contribution in [0.25, 0.3) is 132 Å². The topological polar surface area (TPSA) is 0 Å². The van der Waals surface area contributed by atoms with E-state index in [1.54, 1.807) is 0 Å². The Labute approximate surface area is 511 Å². The molecule has 0 heterocycles. The molecule has 0 saturated carbocycles. The third-order valence-corrected chi connectivity index (χ3v) is 19.9. The van der Waals surface area contributed by atoms with Crippen molar-refractivity contribution in [2.75, 3.05) is 0 Å². The van der Waals surface area contributed by atoms with Crippen LogP contribution in [-0.4, -0.2) is 0 Å². The van der Waals surface area contributed by atoms with Gasteiger partial charge in [0.25, 0.3) is 0 Å². The summed E-state index contributed by atoms with van der Waals surface area (Å²) < 4.78 is 0. The molecule has 0 atom stereocenters. The van der Waals surface area contributed by atoms with Crippen molar-refractivity contribution in [3.05, 3.63) is 325 Å². The summed E-state index contributed by atoms with van der Waals surface area (Å²) in [6.07, 6.45) is 0. The molecule has 0 amide bonds. The number of hydrogen-bond acceptors (Lipinski definition) is 0. The Hall–Kier alpha value is -10.1. The fourth-order valence-corrected chi connectivity index (χ4v) is 15.3. The second-order valence-corrected chi connectivity index (χ2v) is 26.0. The van der Waals surface area contributed by atoms with Gasteiger partial charge in [-0.05, 0) is 214 Å². The van der Waals surface area contributed by atoms with Gasteiger partial charge >= 0.3 is 0 Å².